The average molecular weight is 397 g/mol. The van der Waals surface area contributed by atoms with Crippen molar-refractivity contribution in [2.45, 2.75) is 96.8 Å². The van der Waals surface area contributed by atoms with Gasteiger partial charge in [0.25, 0.3) is 0 Å². The molecular weight excluding hydrogens is 364 g/mol. The molecule has 1 N–H and O–H groups in total. The van der Waals surface area contributed by atoms with Gasteiger partial charge in [-0.2, -0.15) is 0 Å². The van der Waals surface area contributed by atoms with E-state index in [1.807, 2.05) is 0 Å². The zero-order chi connectivity index (χ0) is 13.5. The molecule has 0 rings (SSSR count). The van der Waals surface area contributed by atoms with Crippen molar-refractivity contribution in [3.05, 3.63) is 0 Å². The standard InChI is InChI=1S/C16H32O2.Ce/c1-2-3-4-5-6-7-8-9-10-11-12-13-14-15-16(17)18;/h2-15H2,1H3,(H,17,18);. The Hall–Kier alpha value is 0.847. The van der Waals surface area contributed by atoms with Gasteiger partial charge in [0.05, 0.1) is 0 Å². The number of aliphatic carboxylic acids is 1. The fourth-order valence-corrected chi connectivity index (χ4v) is 2.29. The van der Waals surface area contributed by atoms with Gasteiger partial charge >= 0.3 is 5.97 Å². The minimum atomic E-state index is -0.655. The van der Waals surface area contributed by atoms with Crippen LogP contribution in [0.3, 0.4) is 0 Å². The molecular formula is C16H32CeO2. The number of unbranched alkanes of at least 4 members (excludes halogenated alkanes) is 12. The number of carboxylic acids is 1. The third kappa shape index (κ3) is 21.3. The Morgan fingerprint density at radius 3 is 1.32 bits per heavy atom. The summed E-state index contributed by atoms with van der Waals surface area (Å²) < 4.78 is 0. The first-order valence-corrected chi connectivity index (χ1v) is 7.99. The van der Waals surface area contributed by atoms with Crippen molar-refractivity contribution < 1.29 is 51.6 Å². The maximum absolute atomic E-state index is 10.3. The monoisotopic (exact) mass is 396 g/mol. The van der Waals surface area contributed by atoms with Crippen LogP contribution in [0, 0.1) is 41.7 Å². The largest absolute Gasteiger partial charge is 0.481 e. The molecule has 2 nitrogen and oxygen atoms in total. The second-order valence-electron chi connectivity index (χ2n) is 5.39. The molecule has 0 heterocycles. The summed E-state index contributed by atoms with van der Waals surface area (Å²) in [6.07, 6.45) is 17.3. The third-order valence-electron chi connectivity index (χ3n) is 3.49. The van der Waals surface area contributed by atoms with E-state index in [0.717, 1.165) is 12.8 Å². The minimum absolute atomic E-state index is 0. The van der Waals surface area contributed by atoms with Gasteiger partial charge in [-0.25, -0.2) is 0 Å². The molecule has 0 saturated carbocycles. The van der Waals surface area contributed by atoms with Crippen LogP contribution in [0.15, 0.2) is 0 Å². The fraction of sp³-hybridized carbons (Fsp3) is 0.938. The molecule has 0 spiro atoms. The number of carboxylic acid groups (broad SMARTS) is 1. The first-order chi connectivity index (χ1) is 8.77. The molecule has 112 valence electrons. The van der Waals surface area contributed by atoms with Crippen LogP contribution < -0.4 is 0 Å². The molecule has 0 unspecified atom stereocenters. The molecule has 0 saturated heterocycles. The summed E-state index contributed by atoms with van der Waals surface area (Å²) >= 11 is 0. The number of hydrogen-bond donors (Lipinski definition) is 1. The molecule has 0 amide bonds. The van der Waals surface area contributed by atoms with Gasteiger partial charge in [0.15, 0.2) is 0 Å². The molecule has 0 radical (unpaired) electrons. The molecule has 19 heavy (non-hydrogen) atoms. The first-order valence-electron chi connectivity index (χ1n) is 7.99. The Balaban J connectivity index is 0. The van der Waals surface area contributed by atoms with Crippen LogP contribution in [-0.2, 0) is 4.79 Å². The molecule has 0 aromatic carbocycles. The van der Waals surface area contributed by atoms with Crippen LogP contribution in [0.25, 0.3) is 0 Å². The molecule has 0 atom stereocenters. The van der Waals surface area contributed by atoms with Crippen LogP contribution >= 0.6 is 0 Å². The van der Waals surface area contributed by atoms with E-state index in [9.17, 15) is 4.79 Å². The molecule has 3 heteroatoms. The minimum Gasteiger partial charge on any atom is -0.481 e. The van der Waals surface area contributed by atoms with Crippen molar-refractivity contribution in [1.82, 2.24) is 0 Å². The maximum Gasteiger partial charge on any atom is 0.303 e. The molecule has 0 aliphatic heterocycles. The summed E-state index contributed by atoms with van der Waals surface area (Å²) in [4.78, 5) is 10.3. The zero-order valence-corrected chi connectivity index (χ0v) is 15.9. The van der Waals surface area contributed by atoms with Gasteiger partial charge in [0, 0.05) is 48.2 Å². The van der Waals surface area contributed by atoms with Crippen molar-refractivity contribution in [3.8, 4) is 0 Å². The van der Waals surface area contributed by atoms with Gasteiger partial charge in [0.1, 0.15) is 0 Å². The van der Waals surface area contributed by atoms with Crippen molar-refractivity contribution in [1.29, 1.82) is 0 Å². The van der Waals surface area contributed by atoms with Crippen LogP contribution in [-0.4, -0.2) is 11.1 Å². The maximum atomic E-state index is 10.3. The van der Waals surface area contributed by atoms with E-state index in [1.165, 1.54) is 70.6 Å². The quantitative estimate of drug-likeness (QED) is 0.391. The summed E-state index contributed by atoms with van der Waals surface area (Å²) in [7, 11) is 0. The van der Waals surface area contributed by atoms with E-state index in [-0.39, 0.29) is 41.7 Å². The molecule has 0 aliphatic rings. The Kier molecular flexibility index (Phi) is 22.0. The third-order valence-corrected chi connectivity index (χ3v) is 3.49. The zero-order valence-electron chi connectivity index (χ0n) is 12.8. The van der Waals surface area contributed by atoms with Crippen LogP contribution in [0.5, 0.6) is 0 Å². The predicted octanol–water partition coefficient (Wildman–Crippen LogP) is 5.55. The topological polar surface area (TPSA) is 37.3 Å². The van der Waals surface area contributed by atoms with Gasteiger partial charge in [-0.05, 0) is 6.42 Å². The molecule has 0 bridgehead atoms. The van der Waals surface area contributed by atoms with E-state index < -0.39 is 5.97 Å². The molecule has 0 aromatic rings. The SMILES string of the molecule is CCCCCCCCCCCCCCCC(=O)O.[Ce]. The van der Waals surface area contributed by atoms with E-state index >= 15 is 0 Å². The van der Waals surface area contributed by atoms with Gasteiger partial charge in [-0.3, -0.25) is 4.79 Å². The summed E-state index contributed by atoms with van der Waals surface area (Å²) in [5.74, 6) is -0.655. The van der Waals surface area contributed by atoms with Gasteiger partial charge < -0.3 is 5.11 Å². The van der Waals surface area contributed by atoms with E-state index in [0.29, 0.717) is 6.42 Å². The van der Waals surface area contributed by atoms with Crippen molar-refractivity contribution in [3.63, 3.8) is 0 Å². The van der Waals surface area contributed by atoms with Gasteiger partial charge in [0.2, 0.25) is 0 Å². The van der Waals surface area contributed by atoms with Crippen molar-refractivity contribution in [2.24, 2.45) is 0 Å². The number of rotatable bonds is 14. The Labute approximate surface area is 153 Å². The Bertz CT molecular complexity index is 184. The second kappa shape index (κ2) is 18.8. The summed E-state index contributed by atoms with van der Waals surface area (Å²) in [5, 5.41) is 8.49. The molecule has 0 aromatic heterocycles. The summed E-state index contributed by atoms with van der Waals surface area (Å²) in [6.45, 7) is 2.26. The summed E-state index contributed by atoms with van der Waals surface area (Å²) in [6, 6.07) is 0. The van der Waals surface area contributed by atoms with Gasteiger partial charge in [-0.15, -0.1) is 0 Å². The van der Waals surface area contributed by atoms with Crippen molar-refractivity contribution >= 4 is 5.97 Å². The Morgan fingerprint density at radius 2 is 1.00 bits per heavy atom. The average Bonchev–Trinajstić information content (AvgIpc) is 2.34. The van der Waals surface area contributed by atoms with Crippen molar-refractivity contribution in [2.75, 3.05) is 0 Å². The Morgan fingerprint density at radius 1 is 0.684 bits per heavy atom. The number of hydrogen-bond acceptors (Lipinski definition) is 1. The van der Waals surface area contributed by atoms with E-state index in [2.05, 4.69) is 6.92 Å². The van der Waals surface area contributed by atoms with Crippen LogP contribution in [0.2, 0.25) is 0 Å². The van der Waals surface area contributed by atoms with E-state index in [1.54, 1.807) is 0 Å². The fourth-order valence-electron chi connectivity index (χ4n) is 2.29. The van der Waals surface area contributed by atoms with E-state index in [4.69, 9.17) is 5.11 Å². The molecule has 0 fully saturated rings. The second-order valence-corrected chi connectivity index (χ2v) is 5.39. The first kappa shape index (κ1) is 22.1. The summed E-state index contributed by atoms with van der Waals surface area (Å²) in [5.41, 5.74) is 0. The smallest absolute Gasteiger partial charge is 0.303 e. The van der Waals surface area contributed by atoms with Gasteiger partial charge in [-0.1, -0.05) is 84.0 Å². The van der Waals surface area contributed by atoms with Crippen LogP contribution in [0.1, 0.15) is 96.8 Å². The number of carbonyl (C=O) groups is 1. The van der Waals surface area contributed by atoms with Crippen LogP contribution in [0.4, 0.5) is 0 Å². The predicted molar refractivity (Wildman–Crippen MR) is 77.9 cm³/mol. The molecule has 0 aliphatic carbocycles. The normalized spacial score (nSPS) is 10.2.